The average molecular weight is 487 g/mol. The van der Waals surface area contributed by atoms with Gasteiger partial charge >= 0.3 is 18.1 Å². The fourth-order valence-corrected chi connectivity index (χ4v) is 2.95. The molecular formula is C20H18F5N5O4. The van der Waals surface area contributed by atoms with Crippen LogP contribution in [0.25, 0.3) is 0 Å². The number of nitrogens with one attached hydrogen (secondary N) is 2. The fourth-order valence-electron chi connectivity index (χ4n) is 2.95. The third kappa shape index (κ3) is 6.15. The van der Waals surface area contributed by atoms with Crippen molar-refractivity contribution in [3.63, 3.8) is 0 Å². The van der Waals surface area contributed by atoms with Crippen molar-refractivity contribution in [2.24, 2.45) is 0 Å². The molecule has 0 atom stereocenters. The summed E-state index contributed by atoms with van der Waals surface area (Å²) in [4.78, 5) is 42.2. The van der Waals surface area contributed by atoms with Crippen molar-refractivity contribution in [1.29, 1.82) is 0 Å². The molecule has 0 aliphatic carbocycles. The number of pyridine rings is 1. The summed E-state index contributed by atoms with van der Waals surface area (Å²) >= 11 is 0. The van der Waals surface area contributed by atoms with Crippen LogP contribution >= 0.6 is 0 Å². The lowest BCUT2D eigenvalue weighted by molar-refractivity contribution is -0.174. The maximum atomic E-state index is 14.5. The third-order valence-corrected chi connectivity index (χ3v) is 4.67. The molecule has 2 heterocycles. The summed E-state index contributed by atoms with van der Waals surface area (Å²) in [6.07, 6.45) is -4.18. The van der Waals surface area contributed by atoms with E-state index in [9.17, 15) is 36.3 Å². The van der Waals surface area contributed by atoms with Crippen molar-refractivity contribution in [3.8, 4) is 0 Å². The maximum absolute atomic E-state index is 14.5. The zero-order valence-electron chi connectivity index (χ0n) is 17.4. The Morgan fingerprint density at radius 2 is 1.76 bits per heavy atom. The smallest absolute Gasteiger partial charge is 0.378 e. The van der Waals surface area contributed by atoms with Crippen molar-refractivity contribution in [3.05, 3.63) is 59.4 Å². The van der Waals surface area contributed by atoms with Gasteiger partial charge in [0.05, 0.1) is 36.7 Å². The molecule has 1 fully saturated rings. The number of carbonyl (C=O) groups excluding carboxylic acids is 3. The van der Waals surface area contributed by atoms with Gasteiger partial charge in [-0.25, -0.2) is 13.6 Å². The summed E-state index contributed by atoms with van der Waals surface area (Å²) in [5, 5.41) is 0. The first kappa shape index (κ1) is 24.8. The number of morpholine rings is 1. The number of benzene rings is 1. The number of carbonyl (C=O) groups is 3. The molecule has 4 amide bonds. The van der Waals surface area contributed by atoms with E-state index in [4.69, 9.17) is 4.74 Å². The van der Waals surface area contributed by atoms with Gasteiger partial charge in [0.15, 0.2) is 0 Å². The van der Waals surface area contributed by atoms with Crippen LogP contribution in [0.4, 0.5) is 32.4 Å². The number of hydrogen-bond acceptors (Lipinski definition) is 5. The number of alkyl halides is 3. The molecule has 14 heteroatoms. The highest BCUT2D eigenvalue weighted by atomic mass is 19.4. The first-order chi connectivity index (χ1) is 16.1. The van der Waals surface area contributed by atoms with Crippen molar-refractivity contribution in [2.75, 3.05) is 31.2 Å². The molecule has 0 radical (unpaired) electrons. The number of anilines is 1. The SMILES string of the molecule is O=C(NNC(=O)C(F)(F)F)c1ccc(CN(C(=O)N2CCOCC2)c2ccc(F)cc2F)nc1. The standard InChI is InChI=1S/C20H18F5N5O4/c21-13-2-4-16(15(22)9-13)30(19(33)29-5-7-34-8-6-29)11-14-3-1-12(10-26-14)17(31)27-28-18(32)20(23,24)25/h1-4,9-10H,5-8,11H2,(H,27,31)(H,28,32). The number of hydrogen-bond donors (Lipinski definition) is 2. The molecular weight excluding hydrogens is 469 g/mol. The first-order valence-corrected chi connectivity index (χ1v) is 9.78. The average Bonchev–Trinajstić information content (AvgIpc) is 2.81. The minimum Gasteiger partial charge on any atom is -0.378 e. The van der Waals surface area contributed by atoms with Crippen molar-refractivity contribution < 1.29 is 41.1 Å². The van der Waals surface area contributed by atoms with Gasteiger partial charge in [-0.15, -0.1) is 0 Å². The third-order valence-electron chi connectivity index (χ3n) is 4.67. The number of amides is 4. The quantitative estimate of drug-likeness (QED) is 0.508. The second kappa shape index (κ2) is 10.4. The van der Waals surface area contributed by atoms with E-state index in [1.54, 1.807) is 5.43 Å². The lowest BCUT2D eigenvalue weighted by Gasteiger charge is -2.33. The number of urea groups is 1. The lowest BCUT2D eigenvalue weighted by Crippen LogP contribution is -2.48. The topological polar surface area (TPSA) is 104 Å². The maximum Gasteiger partial charge on any atom is 0.472 e. The van der Waals surface area contributed by atoms with Crippen LogP contribution in [0.3, 0.4) is 0 Å². The van der Waals surface area contributed by atoms with Crippen LogP contribution in [0.5, 0.6) is 0 Å². The Hall–Kier alpha value is -3.81. The van der Waals surface area contributed by atoms with Gasteiger partial charge in [-0.2, -0.15) is 13.2 Å². The Bertz CT molecular complexity index is 1060. The monoisotopic (exact) mass is 487 g/mol. The first-order valence-electron chi connectivity index (χ1n) is 9.78. The van der Waals surface area contributed by atoms with E-state index in [1.165, 1.54) is 22.5 Å². The Morgan fingerprint density at radius 3 is 2.35 bits per heavy atom. The Labute approximate surface area is 189 Å². The largest absolute Gasteiger partial charge is 0.472 e. The second-order valence-corrected chi connectivity index (χ2v) is 7.01. The number of halogens is 5. The highest BCUT2D eigenvalue weighted by Crippen LogP contribution is 2.24. The zero-order valence-corrected chi connectivity index (χ0v) is 17.4. The number of aromatic nitrogens is 1. The minimum atomic E-state index is -5.18. The second-order valence-electron chi connectivity index (χ2n) is 7.01. The van der Waals surface area contributed by atoms with E-state index in [-0.39, 0.29) is 36.6 Å². The summed E-state index contributed by atoms with van der Waals surface area (Å²) in [6, 6.07) is 4.64. The number of rotatable bonds is 4. The van der Waals surface area contributed by atoms with E-state index >= 15 is 0 Å². The summed E-state index contributed by atoms with van der Waals surface area (Å²) in [7, 11) is 0. The van der Waals surface area contributed by atoms with Gasteiger partial charge in [-0.1, -0.05) is 0 Å². The van der Waals surface area contributed by atoms with Gasteiger partial charge in [0.2, 0.25) is 0 Å². The van der Waals surface area contributed by atoms with Crippen LogP contribution < -0.4 is 15.8 Å². The van der Waals surface area contributed by atoms with Crippen LogP contribution in [0.2, 0.25) is 0 Å². The summed E-state index contributed by atoms with van der Waals surface area (Å²) in [6.45, 7) is 0.838. The highest BCUT2D eigenvalue weighted by Gasteiger charge is 2.39. The van der Waals surface area contributed by atoms with Gasteiger partial charge in [0.25, 0.3) is 5.91 Å². The highest BCUT2D eigenvalue weighted by molar-refractivity contribution is 5.95. The molecule has 1 aliphatic rings. The predicted octanol–water partition coefficient (Wildman–Crippen LogP) is 2.14. The van der Waals surface area contributed by atoms with E-state index in [0.29, 0.717) is 19.3 Å². The van der Waals surface area contributed by atoms with E-state index in [2.05, 4.69) is 4.98 Å². The Balaban J connectivity index is 1.76. The van der Waals surface area contributed by atoms with Gasteiger partial charge in [-0.3, -0.25) is 30.3 Å². The molecule has 34 heavy (non-hydrogen) atoms. The zero-order chi connectivity index (χ0) is 24.9. The van der Waals surface area contributed by atoms with E-state index in [1.807, 2.05) is 0 Å². The van der Waals surface area contributed by atoms with E-state index < -0.39 is 35.7 Å². The Morgan fingerprint density at radius 1 is 1.06 bits per heavy atom. The molecule has 1 saturated heterocycles. The summed E-state index contributed by atoms with van der Waals surface area (Å²) < 4.78 is 69.7. The molecule has 1 aliphatic heterocycles. The molecule has 0 unspecified atom stereocenters. The molecule has 2 N–H and O–H groups in total. The normalized spacial score (nSPS) is 13.9. The van der Waals surface area contributed by atoms with Crippen LogP contribution in [0.15, 0.2) is 36.5 Å². The predicted molar refractivity (Wildman–Crippen MR) is 106 cm³/mol. The number of hydrazine groups is 1. The molecule has 0 saturated carbocycles. The van der Waals surface area contributed by atoms with Crippen LogP contribution in [0, 0.1) is 11.6 Å². The molecule has 0 spiro atoms. The lowest BCUT2D eigenvalue weighted by atomic mass is 10.2. The molecule has 9 nitrogen and oxygen atoms in total. The molecule has 182 valence electrons. The fraction of sp³-hybridized carbons (Fsp3) is 0.300. The Kier molecular flexibility index (Phi) is 7.61. The summed E-state index contributed by atoms with van der Waals surface area (Å²) in [5.41, 5.74) is 2.63. The van der Waals surface area contributed by atoms with Gasteiger partial charge in [-0.05, 0) is 24.3 Å². The number of nitrogens with zero attached hydrogens (tertiary/aromatic N) is 3. The minimum absolute atomic E-state index is 0.190. The van der Waals surface area contributed by atoms with Crippen molar-refractivity contribution in [1.82, 2.24) is 20.7 Å². The van der Waals surface area contributed by atoms with Crippen molar-refractivity contribution >= 4 is 23.5 Å². The van der Waals surface area contributed by atoms with Crippen LogP contribution in [-0.2, 0) is 16.1 Å². The molecule has 2 aromatic rings. The number of ether oxygens (including phenoxy) is 1. The summed E-state index contributed by atoms with van der Waals surface area (Å²) in [5.74, 6) is -5.23. The van der Waals surface area contributed by atoms with Gasteiger partial charge in [0, 0.05) is 25.4 Å². The van der Waals surface area contributed by atoms with Gasteiger partial charge < -0.3 is 9.64 Å². The van der Waals surface area contributed by atoms with Crippen LogP contribution in [-0.4, -0.2) is 60.2 Å². The van der Waals surface area contributed by atoms with E-state index in [0.717, 1.165) is 23.2 Å². The molecule has 1 aromatic heterocycles. The molecule has 1 aromatic carbocycles. The van der Waals surface area contributed by atoms with Gasteiger partial charge in [0.1, 0.15) is 11.6 Å². The molecule has 3 rings (SSSR count). The molecule has 0 bridgehead atoms. The van der Waals surface area contributed by atoms with Crippen molar-refractivity contribution in [2.45, 2.75) is 12.7 Å². The van der Waals surface area contributed by atoms with Crippen LogP contribution in [0.1, 0.15) is 16.1 Å².